The van der Waals surface area contributed by atoms with Gasteiger partial charge in [0.05, 0.1) is 30.6 Å². The van der Waals surface area contributed by atoms with Crippen LogP contribution in [-0.4, -0.2) is 47.5 Å². The Morgan fingerprint density at radius 3 is 2.50 bits per heavy atom. The smallest absolute Gasteiger partial charge is 0.338 e. The van der Waals surface area contributed by atoms with Gasteiger partial charge in [-0.15, -0.1) is 10.2 Å². The van der Waals surface area contributed by atoms with Gasteiger partial charge in [0.15, 0.2) is 4.34 Å². The Bertz CT molecular complexity index is 1100. The highest BCUT2D eigenvalue weighted by molar-refractivity contribution is 8.01. The molecule has 0 aliphatic rings. The number of hydrogen-bond acceptors (Lipinski definition) is 9. The third-order valence-electron chi connectivity index (χ3n) is 3.99. The van der Waals surface area contributed by atoms with Gasteiger partial charge in [-0.25, -0.2) is 4.79 Å². The van der Waals surface area contributed by atoms with Crippen LogP contribution >= 0.6 is 23.1 Å². The van der Waals surface area contributed by atoms with Crippen LogP contribution in [0.15, 0.2) is 52.9 Å². The Kier molecular flexibility index (Phi) is 8.17. The van der Waals surface area contributed by atoms with Crippen LogP contribution in [0.2, 0.25) is 0 Å². The summed E-state index contributed by atoms with van der Waals surface area (Å²) in [7, 11) is 1.49. The number of rotatable bonds is 9. The molecule has 32 heavy (non-hydrogen) atoms. The van der Waals surface area contributed by atoms with E-state index in [9.17, 15) is 14.4 Å². The highest BCUT2D eigenvalue weighted by Gasteiger charge is 2.15. The SMILES string of the molecule is CCOC(=O)c1ccc(NC(=O)CSc2nnc(NC(=O)c3ccccc3OC)s2)cc1. The zero-order valence-electron chi connectivity index (χ0n) is 17.3. The van der Waals surface area contributed by atoms with Crippen LogP contribution in [0.25, 0.3) is 0 Å². The molecule has 0 atom stereocenters. The number of nitrogens with zero attached hydrogens (tertiary/aromatic N) is 2. The summed E-state index contributed by atoms with van der Waals surface area (Å²) < 4.78 is 10.6. The number of benzene rings is 2. The van der Waals surface area contributed by atoms with E-state index in [1.807, 2.05) is 0 Å². The molecular weight excluding hydrogens is 452 g/mol. The lowest BCUT2D eigenvalue weighted by molar-refractivity contribution is -0.113. The average molecular weight is 473 g/mol. The zero-order chi connectivity index (χ0) is 22.9. The maximum absolute atomic E-state index is 12.4. The van der Waals surface area contributed by atoms with Crippen molar-refractivity contribution >= 4 is 51.7 Å². The van der Waals surface area contributed by atoms with Crippen molar-refractivity contribution in [1.82, 2.24) is 10.2 Å². The van der Waals surface area contributed by atoms with E-state index in [1.54, 1.807) is 55.5 Å². The van der Waals surface area contributed by atoms with Crippen LogP contribution in [0.4, 0.5) is 10.8 Å². The number of aromatic nitrogens is 2. The summed E-state index contributed by atoms with van der Waals surface area (Å²) in [5.74, 6) is -0.455. The number of ether oxygens (including phenoxy) is 2. The highest BCUT2D eigenvalue weighted by Crippen LogP contribution is 2.27. The Labute approximate surface area is 192 Å². The number of thioether (sulfide) groups is 1. The summed E-state index contributed by atoms with van der Waals surface area (Å²) in [6, 6.07) is 13.3. The topological polar surface area (TPSA) is 120 Å². The van der Waals surface area contributed by atoms with E-state index in [-0.39, 0.29) is 17.6 Å². The summed E-state index contributed by atoms with van der Waals surface area (Å²) >= 11 is 2.36. The first kappa shape index (κ1) is 23.2. The summed E-state index contributed by atoms with van der Waals surface area (Å²) in [5.41, 5.74) is 1.36. The minimum Gasteiger partial charge on any atom is -0.496 e. The van der Waals surface area contributed by atoms with Gasteiger partial charge in [0.2, 0.25) is 11.0 Å². The number of methoxy groups -OCH3 is 1. The van der Waals surface area contributed by atoms with Crippen molar-refractivity contribution in [1.29, 1.82) is 0 Å². The molecule has 1 heterocycles. The quantitative estimate of drug-likeness (QED) is 0.275. The third kappa shape index (κ3) is 6.28. The minimum absolute atomic E-state index is 0.106. The van der Waals surface area contributed by atoms with Crippen molar-refractivity contribution in [3.05, 3.63) is 59.7 Å². The predicted octanol–water partition coefficient (Wildman–Crippen LogP) is 3.71. The van der Waals surface area contributed by atoms with Gasteiger partial charge in [-0.1, -0.05) is 35.2 Å². The Hall–Kier alpha value is -3.44. The monoisotopic (exact) mass is 472 g/mol. The molecule has 0 radical (unpaired) electrons. The fourth-order valence-electron chi connectivity index (χ4n) is 2.54. The standard InChI is InChI=1S/C21H20N4O5S2/c1-3-30-19(28)13-8-10-14(11-9-13)22-17(26)12-31-21-25-24-20(32-21)23-18(27)15-6-4-5-7-16(15)29-2/h4-11H,3,12H2,1-2H3,(H,22,26)(H,23,24,27). The predicted molar refractivity (Wildman–Crippen MR) is 123 cm³/mol. The van der Waals surface area contributed by atoms with Gasteiger partial charge < -0.3 is 14.8 Å². The van der Waals surface area contributed by atoms with Crippen molar-refractivity contribution in [2.75, 3.05) is 30.1 Å². The second kappa shape index (κ2) is 11.3. The van der Waals surface area contributed by atoms with Crippen LogP contribution < -0.4 is 15.4 Å². The number of amides is 2. The lowest BCUT2D eigenvalue weighted by Crippen LogP contribution is -2.14. The molecule has 11 heteroatoms. The number of anilines is 2. The van der Waals surface area contributed by atoms with Gasteiger partial charge in [-0.2, -0.15) is 0 Å². The van der Waals surface area contributed by atoms with Crippen molar-refractivity contribution < 1.29 is 23.9 Å². The van der Waals surface area contributed by atoms with Crippen LogP contribution in [0.1, 0.15) is 27.6 Å². The number of para-hydroxylation sites is 1. The van der Waals surface area contributed by atoms with E-state index in [4.69, 9.17) is 9.47 Å². The Morgan fingerprint density at radius 2 is 1.78 bits per heavy atom. The summed E-state index contributed by atoms with van der Waals surface area (Å²) in [6.45, 7) is 2.03. The van der Waals surface area contributed by atoms with Crippen molar-refractivity contribution in [2.45, 2.75) is 11.3 Å². The number of hydrogen-bond donors (Lipinski definition) is 2. The lowest BCUT2D eigenvalue weighted by atomic mass is 10.2. The van der Waals surface area contributed by atoms with Crippen molar-refractivity contribution in [3.63, 3.8) is 0 Å². The summed E-state index contributed by atoms with van der Waals surface area (Å²) in [5, 5.41) is 13.7. The van der Waals surface area contributed by atoms with E-state index >= 15 is 0 Å². The van der Waals surface area contributed by atoms with E-state index in [2.05, 4.69) is 20.8 Å². The molecule has 1 aromatic heterocycles. The molecule has 2 amide bonds. The molecule has 0 fully saturated rings. The van der Waals surface area contributed by atoms with E-state index < -0.39 is 5.97 Å². The fourth-order valence-corrected chi connectivity index (χ4v) is 4.09. The number of carbonyl (C=O) groups excluding carboxylic acids is 3. The molecule has 2 aromatic carbocycles. The molecule has 3 rings (SSSR count). The van der Waals surface area contributed by atoms with Crippen LogP contribution in [0, 0.1) is 0 Å². The molecule has 0 aliphatic carbocycles. The average Bonchev–Trinajstić information content (AvgIpc) is 3.25. The molecule has 3 aromatic rings. The highest BCUT2D eigenvalue weighted by atomic mass is 32.2. The van der Waals surface area contributed by atoms with Gasteiger partial charge in [-0.05, 0) is 43.3 Å². The van der Waals surface area contributed by atoms with Crippen LogP contribution in [0.3, 0.4) is 0 Å². The van der Waals surface area contributed by atoms with Crippen molar-refractivity contribution in [3.8, 4) is 5.75 Å². The molecule has 9 nitrogen and oxygen atoms in total. The first-order chi connectivity index (χ1) is 15.5. The molecule has 0 aliphatic heterocycles. The molecule has 0 unspecified atom stereocenters. The molecule has 0 saturated carbocycles. The molecular formula is C21H20N4O5S2. The molecule has 2 N–H and O–H groups in total. The van der Waals surface area contributed by atoms with Gasteiger partial charge in [-0.3, -0.25) is 14.9 Å². The first-order valence-electron chi connectivity index (χ1n) is 9.48. The number of esters is 1. The lowest BCUT2D eigenvalue weighted by Gasteiger charge is -2.06. The van der Waals surface area contributed by atoms with E-state index in [0.717, 1.165) is 11.3 Å². The largest absolute Gasteiger partial charge is 0.496 e. The number of nitrogens with one attached hydrogen (secondary N) is 2. The van der Waals surface area contributed by atoms with Gasteiger partial charge >= 0.3 is 5.97 Å². The maximum Gasteiger partial charge on any atom is 0.338 e. The Morgan fingerprint density at radius 1 is 1.03 bits per heavy atom. The van der Waals surface area contributed by atoms with Gasteiger partial charge in [0.25, 0.3) is 5.91 Å². The van der Waals surface area contributed by atoms with Gasteiger partial charge in [0.1, 0.15) is 5.75 Å². The molecule has 0 bridgehead atoms. The summed E-state index contributed by atoms with van der Waals surface area (Å²) in [4.78, 5) is 36.3. The second-order valence-corrected chi connectivity index (χ2v) is 8.36. The van der Waals surface area contributed by atoms with Crippen LogP contribution in [-0.2, 0) is 9.53 Å². The fraction of sp³-hybridized carbons (Fsp3) is 0.190. The molecule has 0 saturated heterocycles. The van der Waals surface area contributed by atoms with E-state index in [0.29, 0.717) is 38.6 Å². The normalized spacial score (nSPS) is 10.3. The summed E-state index contributed by atoms with van der Waals surface area (Å²) in [6.07, 6.45) is 0. The van der Waals surface area contributed by atoms with E-state index in [1.165, 1.54) is 18.9 Å². The third-order valence-corrected chi connectivity index (χ3v) is 5.96. The molecule has 166 valence electrons. The maximum atomic E-state index is 12.4. The number of carbonyl (C=O) groups is 3. The Balaban J connectivity index is 1.50. The molecule has 0 spiro atoms. The first-order valence-corrected chi connectivity index (χ1v) is 11.3. The van der Waals surface area contributed by atoms with Crippen molar-refractivity contribution in [2.24, 2.45) is 0 Å². The zero-order valence-corrected chi connectivity index (χ0v) is 18.9. The van der Waals surface area contributed by atoms with Crippen LogP contribution in [0.5, 0.6) is 5.75 Å². The second-order valence-electron chi connectivity index (χ2n) is 6.16. The van der Waals surface area contributed by atoms with Gasteiger partial charge in [0, 0.05) is 5.69 Å². The minimum atomic E-state index is -0.411.